The summed E-state index contributed by atoms with van der Waals surface area (Å²) in [4.78, 5) is 11.3. The first-order valence-corrected chi connectivity index (χ1v) is 5.19. The number of hydrogen-bond donors (Lipinski definition) is 1. The summed E-state index contributed by atoms with van der Waals surface area (Å²) in [6, 6.07) is 3.00. The van der Waals surface area contributed by atoms with Gasteiger partial charge in [0.2, 0.25) is 0 Å². The molecule has 0 unspecified atom stereocenters. The number of hydrogen-bond acceptors (Lipinski definition) is 4. The molecule has 0 aliphatic carbocycles. The summed E-state index contributed by atoms with van der Waals surface area (Å²) in [5, 5.41) is 0. The van der Waals surface area contributed by atoms with E-state index in [0.29, 0.717) is 0 Å². The second kappa shape index (κ2) is 5.77. The zero-order valence-electron chi connectivity index (χ0n) is 9.83. The highest BCUT2D eigenvalue weighted by atomic mass is 19.3. The zero-order valence-corrected chi connectivity index (χ0v) is 9.83. The Morgan fingerprint density at radius 3 is 2.53 bits per heavy atom. The molecule has 0 atom stereocenters. The predicted molar refractivity (Wildman–Crippen MR) is 58.4 cm³/mol. The first-order valence-electron chi connectivity index (χ1n) is 5.19. The number of ether oxygens (including phenoxy) is 2. The van der Waals surface area contributed by atoms with E-state index in [0.717, 1.165) is 18.2 Å². The monoisotopic (exact) mass is 281 g/mol. The average Bonchev–Trinajstić information content (AvgIpc) is 2.31. The van der Waals surface area contributed by atoms with E-state index in [1.54, 1.807) is 6.92 Å². The van der Waals surface area contributed by atoms with Crippen LogP contribution in [-0.4, -0.2) is 25.1 Å². The van der Waals surface area contributed by atoms with E-state index in [1.807, 2.05) is 0 Å². The number of nitrogens with two attached hydrogens (primary N) is 1. The maximum absolute atomic E-state index is 12.7. The fourth-order valence-corrected chi connectivity index (χ4v) is 1.17. The summed E-state index contributed by atoms with van der Waals surface area (Å²) in [5.41, 5.74) is 4.99. The maximum atomic E-state index is 12.7. The van der Waals surface area contributed by atoms with E-state index in [9.17, 15) is 22.4 Å². The standard InChI is InChI=1S/C11H11F4NO3/c1-2-18-9(17)6-3-4-8(7(16)5-6)19-11(14,15)10(12)13/h3-5,10H,2,16H2,1H3. The molecule has 0 spiro atoms. The Morgan fingerprint density at radius 1 is 1.42 bits per heavy atom. The van der Waals surface area contributed by atoms with Crippen LogP contribution in [0, 0.1) is 0 Å². The number of rotatable bonds is 5. The molecule has 19 heavy (non-hydrogen) atoms. The Morgan fingerprint density at radius 2 is 2.05 bits per heavy atom. The first kappa shape index (κ1) is 15.1. The molecule has 1 aromatic carbocycles. The van der Waals surface area contributed by atoms with Crippen molar-refractivity contribution in [3.8, 4) is 5.75 Å². The van der Waals surface area contributed by atoms with Crippen LogP contribution >= 0.6 is 0 Å². The van der Waals surface area contributed by atoms with Crippen LogP contribution in [0.3, 0.4) is 0 Å². The second-order valence-corrected chi connectivity index (χ2v) is 3.44. The number of halogens is 4. The van der Waals surface area contributed by atoms with Crippen LogP contribution in [0.2, 0.25) is 0 Å². The summed E-state index contributed by atoms with van der Waals surface area (Å²) in [6.07, 6.45) is -8.64. The van der Waals surface area contributed by atoms with Crippen LogP contribution in [0.5, 0.6) is 5.75 Å². The van der Waals surface area contributed by atoms with Gasteiger partial charge in [0.05, 0.1) is 17.9 Å². The smallest absolute Gasteiger partial charge is 0.461 e. The molecular weight excluding hydrogens is 270 g/mol. The molecule has 1 rings (SSSR count). The summed E-state index contributed by atoms with van der Waals surface area (Å²) in [7, 11) is 0. The van der Waals surface area contributed by atoms with Crippen LogP contribution in [0.4, 0.5) is 23.2 Å². The summed E-state index contributed by atoms with van der Waals surface area (Å²) in [5.74, 6) is -1.35. The van der Waals surface area contributed by atoms with E-state index in [2.05, 4.69) is 9.47 Å². The van der Waals surface area contributed by atoms with E-state index in [4.69, 9.17) is 5.73 Å². The van der Waals surface area contributed by atoms with Gasteiger partial charge >= 0.3 is 18.5 Å². The van der Waals surface area contributed by atoms with Crippen LogP contribution in [0.15, 0.2) is 18.2 Å². The van der Waals surface area contributed by atoms with Crippen molar-refractivity contribution in [1.29, 1.82) is 0 Å². The molecule has 0 radical (unpaired) electrons. The van der Waals surface area contributed by atoms with Gasteiger partial charge in [0.1, 0.15) is 5.75 Å². The summed E-state index contributed by atoms with van der Waals surface area (Å²) < 4.78 is 57.7. The highest BCUT2D eigenvalue weighted by Crippen LogP contribution is 2.31. The molecule has 1 aromatic rings. The van der Waals surface area contributed by atoms with E-state index >= 15 is 0 Å². The Labute approximate surface area is 106 Å². The second-order valence-electron chi connectivity index (χ2n) is 3.44. The fourth-order valence-electron chi connectivity index (χ4n) is 1.17. The predicted octanol–water partition coefficient (Wildman–Crippen LogP) is 2.68. The Balaban J connectivity index is 2.92. The Kier molecular flexibility index (Phi) is 4.57. The van der Waals surface area contributed by atoms with Gasteiger partial charge in [-0.15, -0.1) is 0 Å². The van der Waals surface area contributed by atoms with Crippen molar-refractivity contribution >= 4 is 11.7 Å². The quantitative estimate of drug-likeness (QED) is 0.512. The van der Waals surface area contributed by atoms with Crippen LogP contribution in [0.25, 0.3) is 0 Å². The molecule has 2 N–H and O–H groups in total. The minimum atomic E-state index is -4.65. The van der Waals surface area contributed by atoms with Gasteiger partial charge in [0.25, 0.3) is 0 Å². The fraction of sp³-hybridized carbons (Fsp3) is 0.364. The summed E-state index contributed by atoms with van der Waals surface area (Å²) in [6.45, 7) is 1.71. The molecule has 0 aliphatic heterocycles. The van der Waals surface area contributed by atoms with E-state index in [-0.39, 0.29) is 17.9 Å². The molecule has 8 heteroatoms. The zero-order chi connectivity index (χ0) is 14.6. The van der Waals surface area contributed by atoms with Gasteiger partial charge in [-0.05, 0) is 25.1 Å². The topological polar surface area (TPSA) is 61.5 Å². The molecule has 0 bridgehead atoms. The number of benzene rings is 1. The third-order valence-corrected chi connectivity index (χ3v) is 2.02. The highest BCUT2D eigenvalue weighted by molar-refractivity contribution is 5.91. The molecule has 4 nitrogen and oxygen atoms in total. The largest absolute Gasteiger partial charge is 0.462 e. The number of alkyl halides is 4. The van der Waals surface area contributed by atoms with Gasteiger partial charge in [-0.3, -0.25) is 0 Å². The van der Waals surface area contributed by atoms with Crippen molar-refractivity contribution in [2.24, 2.45) is 0 Å². The van der Waals surface area contributed by atoms with Crippen molar-refractivity contribution in [3.63, 3.8) is 0 Å². The molecule has 0 saturated carbocycles. The van der Waals surface area contributed by atoms with Crippen molar-refractivity contribution in [2.75, 3.05) is 12.3 Å². The molecule has 0 amide bonds. The van der Waals surface area contributed by atoms with Gasteiger partial charge in [-0.1, -0.05) is 0 Å². The molecule has 0 aliphatic rings. The number of carbonyl (C=O) groups is 1. The Bertz CT molecular complexity index is 465. The lowest BCUT2D eigenvalue weighted by molar-refractivity contribution is -0.252. The molecule has 0 heterocycles. The Hall–Kier alpha value is -1.99. The lowest BCUT2D eigenvalue weighted by Crippen LogP contribution is -2.33. The molecule has 0 aromatic heterocycles. The van der Waals surface area contributed by atoms with Crippen molar-refractivity contribution in [2.45, 2.75) is 19.5 Å². The van der Waals surface area contributed by atoms with Gasteiger partial charge in [0.15, 0.2) is 0 Å². The van der Waals surface area contributed by atoms with E-state index < -0.39 is 24.3 Å². The van der Waals surface area contributed by atoms with Crippen molar-refractivity contribution in [3.05, 3.63) is 23.8 Å². The van der Waals surface area contributed by atoms with Crippen molar-refractivity contribution in [1.82, 2.24) is 0 Å². The van der Waals surface area contributed by atoms with Gasteiger partial charge in [-0.25, -0.2) is 4.79 Å². The number of anilines is 1. The third kappa shape index (κ3) is 3.73. The van der Waals surface area contributed by atoms with Gasteiger partial charge in [-0.2, -0.15) is 17.6 Å². The first-order chi connectivity index (χ1) is 8.77. The maximum Gasteiger partial charge on any atom is 0.461 e. The molecule has 0 saturated heterocycles. The minimum absolute atomic E-state index is 0.00654. The number of nitrogen functional groups attached to an aromatic ring is 1. The third-order valence-electron chi connectivity index (χ3n) is 2.02. The lowest BCUT2D eigenvalue weighted by atomic mass is 10.2. The lowest BCUT2D eigenvalue weighted by Gasteiger charge is -2.18. The molecule has 0 fully saturated rings. The van der Waals surface area contributed by atoms with Crippen LogP contribution in [-0.2, 0) is 4.74 Å². The number of esters is 1. The molecule has 106 valence electrons. The van der Waals surface area contributed by atoms with Gasteiger partial charge < -0.3 is 15.2 Å². The highest BCUT2D eigenvalue weighted by Gasteiger charge is 2.44. The van der Waals surface area contributed by atoms with Crippen LogP contribution in [0.1, 0.15) is 17.3 Å². The van der Waals surface area contributed by atoms with Crippen LogP contribution < -0.4 is 10.5 Å². The van der Waals surface area contributed by atoms with E-state index in [1.165, 1.54) is 0 Å². The summed E-state index contributed by atoms with van der Waals surface area (Å²) >= 11 is 0. The minimum Gasteiger partial charge on any atom is -0.462 e. The van der Waals surface area contributed by atoms with Gasteiger partial charge in [0, 0.05) is 0 Å². The molecular formula is C11H11F4NO3. The normalized spacial score (nSPS) is 11.5. The van der Waals surface area contributed by atoms with Crippen molar-refractivity contribution < 1.29 is 31.8 Å². The SMILES string of the molecule is CCOC(=O)c1ccc(OC(F)(F)C(F)F)c(N)c1. The number of carbonyl (C=O) groups excluding carboxylic acids is 1. The average molecular weight is 281 g/mol.